The van der Waals surface area contributed by atoms with Gasteiger partial charge in [-0.1, -0.05) is 48.0 Å². The van der Waals surface area contributed by atoms with Crippen LogP contribution in [0.3, 0.4) is 0 Å². The number of pyridine rings is 1. The predicted molar refractivity (Wildman–Crippen MR) is 130 cm³/mol. The van der Waals surface area contributed by atoms with Crippen LogP contribution in [0.25, 0.3) is 6.08 Å². The lowest BCUT2D eigenvalue weighted by molar-refractivity contribution is -0.127. The standard InChI is InChI=1S/C27H27ClN2O3/c28-26-6-2-1-5-24(26)9-12-27(31)30(18-22-4-3-14-29-16-22)17-21-7-10-25(11-8-21)33-20-23-13-15-32-19-23/h1-12,14,16,23H,13,15,17-20H2/b12-9+/t23-/m0/s1. The minimum Gasteiger partial charge on any atom is -0.493 e. The van der Waals surface area contributed by atoms with E-state index in [2.05, 4.69) is 4.98 Å². The molecule has 0 spiro atoms. The molecule has 0 saturated carbocycles. The van der Waals surface area contributed by atoms with Crippen molar-refractivity contribution in [1.29, 1.82) is 0 Å². The zero-order valence-corrected chi connectivity index (χ0v) is 19.2. The molecule has 0 N–H and O–H groups in total. The molecule has 1 amide bonds. The molecule has 1 aliphatic heterocycles. The third-order valence-electron chi connectivity index (χ3n) is 5.53. The van der Waals surface area contributed by atoms with Crippen molar-refractivity contribution in [2.24, 2.45) is 5.92 Å². The topological polar surface area (TPSA) is 51.7 Å². The van der Waals surface area contributed by atoms with Crippen molar-refractivity contribution >= 4 is 23.6 Å². The number of carbonyl (C=O) groups is 1. The van der Waals surface area contributed by atoms with Crippen LogP contribution in [-0.4, -0.2) is 35.6 Å². The van der Waals surface area contributed by atoms with Crippen LogP contribution in [0.1, 0.15) is 23.1 Å². The fourth-order valence-corrected chi connectivity index (χ4v) is 3.84. The first kappa shape index (κ1) is 23.0. The molecule has 1 fully saturated rings. The molecule has 170 valence electrons. The Morgan fingerprint density at radius 1 is 1.09 bits per heavy atom. The number of hydrogen-bond donors (Lipinski definition) is 0. The molecule has 2 aromatic carbocycles. The van der Waals surface area contributed by atoms with Crippen molar-refractivity contribution < 1.29 is 14.3 Å². The number of rotatable bonds is 9. The Morgan fingerprint density at radius 2 is 1.91 bits per heavy atom. The number of carbonyl (C=O) groups excluding carboxylic acids is 1. The van der Waals surface area contributed by atoms with Crippen molar-refractivity contribution in [2.45, 2.75) is 19.5 Å². The van der Waals surface area contributed by atoms with E-state index in [9.17, 15) is 4.79 Å². The van der Waals surface area contributed by atoms with Crippen LogP contribution < -0.4 is 4.74 Å². The second-order valence-electron chi connectivity index (χ2n) is 8.09. The molecule has 0 aliphatic carbocycles. The fraction of sp³-hybridized carbons (Fsp3) is 0.259. The maximum atomic E-state index is 13.1. The highest BCUT2D eigenvalue weighted by Gasteiger charge is 2.16. The van der Waals surface area contributed by atoms with Gasteiger partial charge in [-0.3, -0.25) is 9.78 Å². The van der Waals surface area contributed by atoms with Crippen molar-refractivity contribution in [3.05, 3.63) is 101 Å². The molecule has 1 saturated heterocycles. The molecule has 0 bridgehead atoms. The second kappa shape index (κ2) is 11.6. The number of benzene rings is 2. The van der Waals surface area contributed by atoms with Gasteiger partial charge in [0.1, 0.15) is 5.75 Å². The van der Waals surface area contributed by atoms with Gasteiger partial charge in [-0.25, -0.2) is 0 Å². The first-order chi connectivity index (χ1) is 16.2. The van der Waals surface area contributed by atoms with Gasteiger partial charge in [0.25, 0.3) is 0 Å². The van der Waals surface area contributed by atoms with E-state index >= 15 is 0 Å². The van der Waals surface area contributed by atoms with Gasteiger partial charge < -0.3 is 14.4 Å². The smallest absolute Gasteiger partial charge is 0.247 e. The largest absolute Gasteiger partial charge is 0.493 e. The highest BCUT2D eigenvalue weighted by Crippen LogP contribution is 2.20. The molecular weight excluding hydrogens is 436 g/mol. The Labute approximate surface area is 199 Å². The van der Waals surface area contributed by atoms with E-state index in [1.54, 1.807) is 29.4 Å². The summed E-state index contributed by atoms with van der Waals surface area (Å²) < 4.78 is 11.3. The zero-order chi connectivity index (χ0) is 22.9. The first-order valence-electron chi connectivity index (χ1n) is 11.1. The highest BCUT2D eigenvalue weighted by molar-refractivity contribution is 6.32. The summed E-state index contributed by atoms with van der Waals surface area (Å²) in [6.45, 7) is 3.18. The summed E-state index contributed by atoms with van der Waals surface area (Å²) >= 11 is 6.23. The molecule has 6 heteroatoms. The minimum absolute atomic E-state index is 0.0969. The van der Waals surface area contributed by atoms with Crippen LogP contribution in [0.2, 0.25) is 5.02 Å². The Morgan fingerprint density at radius 3 is 2.64 bits per heavy atom. The van der Waals surface area contributed by atoms with Gasteiger partial charge in [-0.15, -0.1) is 0 Å². The maximum absolute atomic E-state index is 13.1. The first-order valence-corrected chi connectivity index (χ1v) is 11.4. The highest BCUT2D eigenvalue weighted by atomic mass is 35.5. The van der Waals surface area contributed by atoms with E-state index in [0.29, 0.717) is 30.6 Å². The minimum atomic E-state index is -0.0969. The predicted octanol–water partition coefficient (Wildman–Crippen LogP) is 5.39. The average molecular weight is 463 g/mol. The number of halogens is 1. The third-order valence-corrected chi connectivity index (χ3v) is 5.87. The zero-order valence-electron chi connectivity index (χ0n) is 18.4. The van der Waals surface area contributed by atoms with Crippen LogP contribution in [0.15, 0.2) is 79.1 Å². The second-order valence-corrected chi connectivity index (χ2v) is 8.50. The lowest BCUT2D eigenvalue weighted by atomic mass is 10.1. The van der Waals surface area contributed by atoms with Gasteiger partial charge in [0, 0.05) is 49.1 Å². The summed E-state index contributed by atoms with van der Waals surface area (Å²) in [6.07, 6.45) is 7.87. The van der Waals surface area contributed by atoms with Gasteiger partial charge >= 0.3 is 0 Å². The van der Waals surface area contributed by atoms with E-state index in [4.69, 9.17) is 21.1 Å². The van der Waals surface area contributed by atoms with Gasteiger partial charge in [-0.05, 0) is 53.5 Å². The van der Waals surface area contributed by atoms with E-state index in [0.717, 1.165) is 42.1 Å². The Hall–Kier alpha value is -3.15. The van der Waals surface area contributed by atoms with E-state index in [-0.39, 0.29) is 5.91 Å². The SMILES string of the molecule is O=C(/C=C/c1ccccc1Cl)N(Cc1ccc(OC[C@H]2CCOC2)cc1)Cc1cccnc1. The van der Waals surface area contributed by atoms with Crippen molar-refractivity contribution in [1.82, 2.24) is 9.88 Å². The molecule has 1 aliphatic rings. The quantitative estimate of drug-likeness (QED) is 0.400. The number of ether oxygens (including phenoxy) is 2. The number of aromatic nitrogens is 1. The molecule has 33 heavy (non-hydrogen) atoms. The van der Waals surface area contributed by atoms with Crippen LogP contribution in [0.5, 0.6) is 5.75 Å². The Kier molecular flexibility index (Phi) is 8.12. The normalized spacial score (nSPS) is 15.6. The van der Waals surface area contributed by atoms with Crippen molar-refractivity contribution in [3.8, 4) is 5.75 Å². The molecule has 3 aromatic rings. The van der Waals surface area contributed by atoms with Crippen LogP contribution in [-0.2, 0) is 22.6 Å². The molecule has 0 unspecified atom stereocenters. The van der Waals surface area contributed by atoms with E-state index in [1.165, 1.54) is 0 Å². The van der Waals surface area contributed by atoms with Crippen LogP contribution in [0, 0.1) is 5.92 Å². The molecule has 1 atom stereocenters. The van der Waals surface area contributed by atoms with Crippen molar-refractivity contribution in [2.75, 3.05) is 19.8 Å². The van der Waals surface area contributed by atoms with Gasteiger partial charge in [0.15, 0.2) is 0 Å². The van der Waals surface area contributed by atoms with Gasteiger partial charge in [-0.2, -0.15) is 0 Å². The molecule has 0 radical (unpaired) electrons. The molecule has 1 aromatic heterocycles. The number of hydrogen-bond acceptors (Lipinski definition) is 4. The van der Waals surface area contributed by atoms with E-state index in [1.807, 2.05) is 60.7 Å². The third kappa shape index (κ3) is 6.91. The van der Waals surface area contributed by atoms with Gasteiger partial charge in [0.05, 0.1) is 13.2 Å². The summed E-state index contributed by atoms with van der Waals surface area (Å²) in [5.41, 5.74) is 2.80. The number of nitrogens with zero attached hydrogens (tertiary/aromatic N) is 2. The Balaban J connectivity index is 1.43. The summed E-state index contributed by atoms with van der Waals surface area (Å²) in [5.74, 6) is 1.19. The average Bonchev–Trinajstić information content (AvgIpc) is 3.37. The van der Waals surface area contributed by atoms with Crippen LogP contribution >= 0.6 is 11.6 Å². The van der Waals surface area contributed by atoms with Crippen LogP contribution in [0.4, 0.5) is 0 Å². The fourth-order valence-electron chi connectivity index (χ4n) is 3.64. The van der Waals surface area contributed by atoms with Gasteiger partial charge in [0.2, 0.25) is 5.91 Å². The molecule has 4 rings (SSSR count). The van der Waals surface area contributed by atoms with E-state index < -0.39 is 0 Å². The lowest BCUT2D eigenvalue weighted by Crippen LogP contribution is -2.28. The summed E-state index contributed by atoms with van der Waals surface area (Å²) in [5, 5.41) is 0.611. The summed E-state index contributed by atoms with van der Waals surface area (Å²) in [6, 6.07) is 19.2. The summed E-state index contributed by atoms with van der Waals surface area (Å²) in [7, 11) is 0. The summed E-state index contributed by atoms with van der Waals surface area (Å²) in [4.78, 5) is 19.1. The monoisotopic (exact) mass is 462 g/mol. The molecular formula is C27H27ClN2O3. The Bertz CT molecular complexity index is 1060. The maximum Gasteiger partial charge on any atom is 0.247 e. The molecule has 5 nitrogen and oxygen atoms in total. The van der Waals surface area contributed by atoms with Crippen molar-refractivity contribution in [3.63, 3.8) is 0 Å². The number of amides is 1. The lowest BCUT2D eigenvalue weighted by Gasteiger charge is -2.22. The molecule has 2 heterocycles.